The first-order valence-corrected chi connectivity index (χ1v) is 9.03. The van der Waals surface area contributed by atoms with Gasteiger partial charge in [-0.2, -0.15) is 18.2 Å². The summed E-state index contributed by atoms with van der Waals surface area (Å²) in [7, 11) is 0. The number of alkyl halides is 3. The van der Waals surface area contributed by atoms with Crippen LogP contribution >= 0.6 is 0 Å². The molecule has 33 heavy (non-hydrogen) atoms. The molecule has 1 aromatic heterocycles. The highest BCUT2D eigenvalue weighted by atomic mass is 19.4. The molecule has 0 radical (unpaired) electrons. The number of hydrogen-bond donors (Lipinski definition) is 2. The van der Waals surface area contributed by atoms with E-state index in [0.29, 0.717) is 6.07 Å². The number of rotatable bonds is 6. The number of hydrogen-bond acceptors (Lipinski definition) is 7. The normalized spacial score (nSPS) is 11.7. The van der Waals surface area contributed by atoms with Crippen LogP contribution in [-0.4, -0.2) is 10.1 Å². The van der Waals surface area contributed by atoms with Gasteiger partial charge in [0.2, 0.25) is 5.82 Å². The first kappa shape index (κ1) is 22.0. The highest BCUT2D eigenvalue weighted by Crippen LogP contribution is 2.30. The highest BCUT2D eigenvalue weighted by Gasteiger charge is 2.38. The van der Waals surface area contributed by atoms with E-state index in [4.69, 9.17) is 0 Å². The van der Waals surface area contributed by atoms with E-state index in [1.807, 2.05) is 0 Å². The Kier molecular flexibility index (Phi) is 5.39. The summed E-state index contributed by atoms with van der Waals surface area (Å²) >= 11 is 0. The van der Waals surface area contributed by atoms with E-state index in [1.165, 1.54) is 12.1 Å². The lowest BCUT2D eigenvalue weighted by atomic mass is 10.1. The Morgan fingerprint density at radius 2 is 1.64 bits per heavy atom. The van der Waals surface area contributed by atoms with Crippen LogP contribution < -0.4 is 21.5 Å². The van der Waals surface area contributed by atoms with Crippen LogP contribution in [0.5, 0.6) is 0 Å². The molecule has 0 saturated heterocycles. The average Bonchev–Trinajstić information content (AvgIpc) is 3.26. The monoisotopic (exact) mass is 468 g/mol. The maximum Gasteiger partial charge on any atom is 0.471 e. The molecule has 0 saturated carbocycles. The molecule has 0 aliphatic carbocycles. The van der Waals surface area contributed by atoms with Gasteiger partial charge in [0.05, 0.1) is 5.69 Å². The van der Waals surface area contributed by atoms with E-state index in [1.54, 1.807) is 0 Å². The summed E-state index contributed by atoms with van der Waals surface area (Å²) in [5.41, 5.74) is -2.74. The highest BCUT2D eigenvalue weighted by molar-refractivity contribution is 5.78. The molecule has 4 rings (SSSR count). The number of nitrogens with zero attached hydrogens (tertiary/aromatic N) is 2. The lowest BCUT2D eigenvalue weighted by Crippen LogP contribution is -2.36. The van der Waals surface area contributed by atoms with Crippen molar-refractivity contribution in [3.8, 4) is 11.4 Å². The van der Waals surface area contributed by atoms with Crippen LogP contribution in [0, 0.1) is 17.5 Å². The topological polar surface area (TPSA) is 97.1 Å². The second kappa shape index (κ2) is 8.07. The van der Waals surface area contributed by atoms with Gasteiger partial charge in [-0.15, -0.1) is 0 Å². The summed E-state index contributed by atoms with van der Waals surface area (Å²) in [5, 5.41) is 8.11. The lowest BCUT2D eigenvalue weighted by Gasteiger charge is -2.15. The van der Waals surface area contributed by atoms with Gasteiger partial charge in [-0.25, -0.2) is 13.2 Å². The Morgan fingerprint density at radius 1 is 0.909 bits per heavy atom. The Bertz CT molecular complexity index is 1420. The third kappa shape index (κ3) is 4.29. The van der Waals surface area contributed by atoms with Crippen LogP contribution in [0.2, 0.25) is 0 Å². The molecule has 0 aliphatic rings. The van der Waals surface area contributed by atoms with Crippen molar-refractivity contribution in [3.05, 3.63) is 85.8 Å². The minimum absolute atomic E-state index is 0.00903. The van der Waals surface area contributed by atoms with Crippen molar-refractivity contribution in [3.63, 3.8) is 0 Å². The van der Waals surface area contributed by atoms with Gasteiger partial charge in [0.15, 0.2) is 0 Å². The van der Waals surface area contributed by atoms with Gasteiger partial charge in [0.25, 0.3) is 10.9 Å². The van der Waals surface area contributed by atoms with Crippen molar-refractivity contribution in [1.82, 2.24) is 10.1 Å². The van der Waals surface area contributed by atoms with Crippen molar-refractivity contribution >= 4 is 17.1 Å². The number of nitrogens with one attached hydrogen (secondary N) is 2. The molecular formula is C20H10F6N4O3. The molecule has 3 aromatic carbocycles. The molecule has 2 N–H and O–H groups in total. The maximum atomic E-state index is 14.4. The molecular weight excluding hydrogens is 458 g/mol. The van der Waals surface area contributed by atoms with Crippen LogP contribution in [0.15, 0.2) is 50.5 Å². The number of aromatic nitrogens is 2. The second-order valence-corrected chi connectivity index (χ2v) is 6.74. The van der Waals surface area contributed by atoms with E-state index in [-0.39, 0.29) is 34.7 Å². The van der Waals surface area contributed by atoms with Crippen molar-refractivity contribution < 1.29 is 30.9 Å². The van der Waals surface area contributed by atoms with Crippen molar-refractivity contribution in [2.75, 3.05) is 10.6 Å². The third-order valence-corrected chi connectivity index (χ3v) is 4.54. The Morgan fingerprint density at radius 3 is 2.27 bits per heavy atom. The minimum atomic E-state index is -4.85. The van der Waals surface area contributed by atoms with Crippen LogP contribution in [-0.2, 0) is 12.7 Å². The molecule has 0 fully saturated rings. The van der Waals surface area contributed by atoms with Crippen molar-refractivity contribution in [2.24, 2.45) is 0 Å². The van der Waals surface area contributed by atoms with Gasteiger partial charge in [0, 0.05) is 23.7 Å². The van der Waals surface area contributed by atoms with E-state index in [2.05, 4.69) is 25.3 Å². The summed E-state index contributed by atoms with van der Waals surface area (Å²) in [6, 6.07) is 5.88. The standard InChI is InChI=1S/C20H10F6N4O3/c21-10-3-4-13(12(23)6-10)28-15-14(16(31)17(15)32)27-7-9-2-1-8(5-11(9)22)18-29-19(33-30-18)20(24,25)26/h1-6,27-28H,7H2. The molecule has 4 aromatic rings. The van der Waals surface area contributed by atoms with E-state index >= 15 is 0 Å². The van der Waals surface area contributed by atoms with E-state index in [9.17, 15) is 35.9 Å². The summed E-state index contributed by atoms with van der Waals surface area (Å²) in [5.74, 6) is -4.75. The molecule has 13 heteroatoms. The Hall–Kier alpha value is -4.16. The van der Waals surface area contributed by atoms with Gasteiger partial charge in [-0.1, -0.05) is 17.3 Å². The summed E-state index contributed by atoms with van der Waals surface area (Å²) in [6.45, 7) is -0.294. The number of halogens is 6. The van der Waals surface area contributed by atoms with Crippen LogP contribution in [0.3, 0.4) is 0 Å². The van der Waals surface area contributed by atoms with Crippen molar-refractivity contribution in [2.45, 2.75) is 12.7 Å². The molecule has 0 spiro atoms. The largest absolute Gasteiger partial charge is 0.471 e. The predicted octanol–water partition coefficient (Wildman–Crippen LogP) is 4.12. The average molecular weight is 468 g/mol. The molecule has 0 unspecified atom stereocenters. The number of anilines is 3. The van der Waals surface area contributed by atoms with Crippen LogP contribution in [0.1, 0.15) is 11.5 Å². The fraction of sp³-hybridized carbons (Fsp3) is 0.100. The molecule has 0 atom stereocenters. The van der Waals surface area contributed by atoms with E-state index in [0.717, 1.165) is 18.2 Å². The zero-order valence-corrected chi connectivity index (χ0v) is 16.1. The zero-order chi connectivity index (χ0) is 23.9. The molecule has 0 aliphatic heterocycles. The maximum absolute atomic E-state index is 14.4. The molecule has 0 amide bonds. The smallest absolute Gasteiger partial charge is 0.376 e. The summed E-state index contributed by atoms with van der Waals surface area (Å²) < 4.78 is 83.1. The summed E-state index contributed by atoms with van der Waals surface area (Å²) in [4.78, 5) is 26.8. The second-order valence-electron chi connectivity index (χ2n) is 6.74. The quantitative estimate of drug-likeness (QED) is 0.325. The first-order valence-electron chi connectivity index (χ1n) is 9.03. The van der Waals surface area contributed by atoms with Gasteiger partial charge < -0.3 is 15.2 Å². The fourth-order valence-corrected chi connectivity index (χ4v) is 2.87. The molecule has 170 valence electrons. The van der Waals surface area contributed by atoms with Crippen LogP contribution in [0.25, 0.3) is 11.4 Å². The Labute approximate surface area is 179 Å². The SMILES string of the molecule is O=c1c(NCc2ccc(-c3noc(C(F)(F)F)n3)cc2F)c(Nc2ccc(F)cc2F)c1=O. The predicted molar refractivity (Wildman–Crippen MR) is 103 cm³/mol. The molecule has 1 heterocycles. The van der Waals surface area contributed by atoms with Crippen molar-refractivity contribution in [1.29, 1.82) is 0 Å². The van der Waals surface area contributed by atoms with E-state index < -0.39 is 46.2 Å². The van der Waals surface area contributed by atoms with Crippen LogP contribution in [0.4, 0.5) is 43.4 Å². The third-order valence-electron chi connectivity index (χ3n) is 4.54. The van der Waals surface area contributed by atoms with Gasteiger partial charge >= 0.3 is 12.1 Å². The molecule has 0 bridgehead atoms. The summed E-state index contributed by atoms with van der Waals surface area (Å²) in [6.07, 6.45) is -4.85. The fourth-order valence-electron chi connectivity index (χ4n) is 2.87. The van der Waals surface area contributed by atoms with Gasteiger partial charge in [-0.3, -0.25) is 9.59 Å². The molecule has 7 nitrogen and oxygen atoms in total. The zero-order valence-electron chi connectivity index (χ0n) is 16.1. The van der Waals surface area contributed by atoms with Gasteiger partial charge in [0.1, 0.15) is 28.8 Å². The number of benzene rings is 2. The van der Waals surface area contributed by atoms with Gasteiger partial charge in [-0.05, 0) is 18.2 Å². The minimum Gasteiger partial charge on any atom is -0.376 e. The Balaban J connectivity index is 1.50. The first-order chi connectivity index (χ1) is 15.5. The lowest BCUT2D eigenvalue weighted by molar-refractivity contribution is -0.159.